The highest BCUT2D eigenvalue weighted by Gasteiger charge is 2.11. The summed E-state index contributed by atoms with van der Waals surface area (Å²) in [4.78, 5) is 29.2. The molecule has 2 aromatic heterocycles. The summed E-state index contributed by atoms with van der Waals surface area (Å²) in [7, 11) is 0. The number of rotatable bonds is 7. The number of nitrogens with one attached hydrogen (secondary N) is 1. The molecule has 0 fully saturated rings. The third-order valence-corrected chi connectivity index (χ3v) is 4.70. The van der Waals surface area contributed by atoms with Gasteiger partial charge in [0.2, 0.25) is 5.91 Å². The highest BCUT2D eigenvalue weighted by Crippen LogP contribution is 2.24. The minimum absolute atomic E-state index is 0.0908. The first kappa shape index (κ1) is 17.4. The normalized spacial score (nSPS) is 11.2. The maximum Gasteiger partial charge on any atom is 0.224 e. The molecule has 25 heavy (non-hydrogen) atoms. The SMILES string of the molecule is CC(C)c1nc2cc(NC(=O)CCCC(=O)c3cccs3)ccc2o1. The molecule has 0 aliphatic rings. The number of oxazole rings is 1. The van der Waals surface area contributed by atoms with Crippen molar-refractivity contribution >= 4 is 39.8 Å². The number of anilines is 1. The molecule has 0 unspecified atom stereocenters. The van der Waals surface area contributed by atoms with Gasteiger partial charge < -0.3 is 9.73 Å². The Balaban J connectivity index is 1.53. The van der Waals surface area contributed by atoms with E-state index in [1.54, 1.807) is 12.1 Å². The van der Waals surface area contributed by atoms with E-state index in [1.807, 2.05) is 37.4 Å². The number of benzene rings is 1. The third-order valence-electron chi connectivity index (χ3n) is 3.79. The number of aromatic nitrogens is 1. The zero-order valence-corrected chi connectivity index (χ0v) is 15.1. The van der Waals surface area contributed by atoms with Crippen LogP contribution in [0.3, 0.4) is 0 Å². The number of amides is 1. The van der Waals surface area contributed by atoms with Crippen molar-refractivity contribution in [1.29, 1.82) is 0 Å². The second-order valence-electron chi connectivity index (χ2n) is 6.19. The number of Topliss-reactive ketones (excluding diaryl/α,β-unsaturated/α-hetero) is 1. The van der Waals surface area contributed by atoms with Crippen molar-refractivity contribution in [1.82, 2.24) is 4.98 Å². The Morgan fingerprint density at radius 2 is 2.08 bits per heavy atom. The molecular formula is C19H20N2O3S. The molecule has 130 valence electrons. The molecule has 0 saturated carbocycles. The van der Waals surface area contributed by atoms with Crippen molar-refractivity contribution < 1.29 is 14.0 Å². The second kappa shape index (κ2) is 7.61. The Morgan fingerprint density at radius 3 is 2.80 bits per heavy atom. The largest absolute Gasteiger partial charge is 0.440 e. The van der Waals surface area contributed by atoms with Crippen LogP contribution >= 0.6 is 11.3 Å². The Labute approximate surface area is 150 Å². The van der Waals surface area contributed by atoms with Crippen LogP contribution in [-0.2, 0) is 4.79 Å². The van der Waals surface area contributed by atoms with E-state index in [0.29, 0.717) is 36.4 Å². The summed E-state index contributed by atoms with van der Waals surface area (Å²) in [5.74, 6) is 0.885. The summed E-state index contributed by atoms with van der Waals surface area (Å²) >= 11 is 1.43. The number of thiophene rings is 1. The quantitative estimate of drug-likeness (QED) is 0.604. The van der Waals surface area contributed by atoms with Crippen LogP contribution in [0, 0.1) is 0 Å². The van der Waals surface area contributed by atoms with E-state index in [9.17, 15) is 9.59 Å². The van der Waals surface area contributed by atoms with Crippen LogP contribution in [0.25, 0.3) is 11.1 Å². The summed E-state index contributed by atoms with van der Waals surface area (Å²) in [6.45, 7) is 4.04. The van der Waals surface area contributed by atoms with Crippen LogP contribution in [0.2, 0.25) is 0 Å². The summed E-state index contributed by atoms with van der Waals surface area (Å²) in [6, 6.07) is 9.08. The Bertz CT molecular complexity index is 881. The predicted octanol–water partition coefficient (Wildman–Crippen LogP) is 5.00. The minimum Gasteiger partial charge on any atom is -0.440 e. The van der Waals surface area contributed by atoms with Gasteiger partial charge in [0.1, 0.15) is 5.52 Å². The fraction of sp³-hybridized carbons (Fsp3) is 0.316. The molecule has 0 aliphatic carbocycles. The van der Waals surface area contributed by atoms with Crippen molar-refractivity contribution in [3.63, 3.8) is 0 Å². The average molecular weight is 356 g/mol. The number of hydrogen-bond donors (Lipinski definition) is 1. The minimum atomic E-state index is -0.106. The molecule has 0 radical (unpaired) electrons. The number of fused-ring (bicyclic) bond motifs is 1. The molecule has 1 N–H and O–H groups in total. The van der Waals surface area contributed by atoms with Gasteiger partial charge in [0, 0.05) is 24.4 Å². The second-order valence-corrected chi connectivity index (χ2v) is 7.14. The first-order valence-electron chi connectivity index (χ1n) is 8.30. The highest BCUT2D eigenvalue weighted by molar-refractivity contribution is 7.12. The Kier molecular flexibility index (Phi) is 5.28. The van der Waals surface area contributed by atoms with Crippen molar-refractivity contribution in [3.8, 4) is 0 Å². The monoisotopic (exact) mass is 356 g/mol. The van der Waals surface area contributed by atoms with E-state index in [4.69, 9.17) is 4.42 Å². The van der Waals surface area contributed by atoms with Gasteiger partial charge in [-0.15, -0.1) is 11.3 Å². The average Bonchev–Trinajstić information content (AvgIpc) is 3.24. The van der Waals surface area contributed by atoms with E-state index < -0.39 is 0 Å². The topological polar surface area (TPSA) is 72.2 Å². The smallest absolute Gasteiger partial charge is 0.224 e. The summed E-state index contributed by atoms with van der Waals surface area (Å²) < 4.78 is 5.66. The maximum absolute atomic E-state index is 12.1. The molecule has 3 aromatic rings. The molecule has 0 spiro atoms. The standard InChI is InChI=1S/C19H20N2O3S/c1-12(2)19-21-14-11-13(8-9-16(14)24-19)20-18(23)7-3-5-15(22)17-6-4-10-25-17/h4,6,8-12H,3,5,7H2,1-2H3,(H,20,23). The molecule has 1 aromatic carbocycles. The predicted molar refractivity (Wildman–Crippen MR) is 99.2 cm³/mol. The first-order valence-corrected chi connectivity index (χ1v) is 9.18. The maximum atomic E-state index is 12.1. The summed E-state index contributed by atoms with van der Waals surface area (Å²) in [5.41, 5.74) is 2.13. The molecule has 0 bridgehead atoms. The lowest BCUT2D eigenvalue weighted by Gasteiger charge is -2.04. The van der Waals surface area contributed by atoms with Crippen molar-refractivity contribution in [3.05, 3.63) is 46.5 Å². The van der Waals surface area contributed by atoms with Crippen LogP contribution in [0.15, 0.2) is 40.1 Å². The number of carbonyl (C=O) groups is 2. The van der Waals surface area contributed by atoms with Crippen LogP contribution in [0.4, 0.5) is 5.69 Å². The van der Waals surface area contributed by atoms with Crippen LogP contribution < -0.4 is 5.32 Å². The number of nitrogens with zero attached hydrogens (tertiary/aromatic N) is 1. The Morgan fingerprint density at radius 1 is 1.24 bits per heavy atom. The number of carbonyl (C=O) groups excluding carboxylic acids is 2. The fourth-order valence-corrected chi connectivity index (χ4v) is 3.16. The van der Waals surface area contributed by atoms with Gasteiger partial charge in [0.05, 0.1) is 4.88 Å². The molecular weight excluding hydrogens is 336 g/mol. The zero-order valence-electron chi connectivity index (χ0n) is 14.2. The van der Waals surface area contributed by atoms with Crippen molar-refractivity contribution in [2.45, 2.75) is 39.0 Å². The van der Waals surface area contributed by atoms with E-state index >= 15 is 0 Å². The van der Waals surface area contributed by atoms with Crippen LogP contribution in [0.1, 0.15) is 54.6 Å². The van der Waals surface area contributed by atoms with Gasteiger partial charge in [-0.3, -0.25) is 9.59 Å². The molecule has 0 aliphatic heterocycles. The van der Waals surface area contributed by atoms with Crippen LogP contribution in [0.5, 0.6) is 0 Å². The van der Waals surface area contributed by atoms with Gasteiger partial charge in [-0.25, -0.2) is 4.98 Å². The van der Waals surface area contributed by atoms with Crippen LogP contribution in [-0.4, -0.2) is 16.7 Å². The van der Waals surface area contributed by atoms with Gasteiger partial charge >= 0.3 is 0 Å². The Hall–Kier alpha value is -2.47. The zero-order chi connectivity index (χ0) is 17.8. The van der Waals surface area contributed by atoms with E-state index in [0.717, 1.165) is 10.4 Å². The lowest BCUT2D eigenvalue weighted by Crippen LogP contribution is -2.11. The first-order chi connectivity index (χ1) is 12.0. The lowest BCUT2D eigenvalue weighted by atomic mass is 10.1. The van der Waals surface area contributed by atoms with Crippen molar-refractivity contribution in [2.75, 3.05) is 5.32 Å². The summed E-state index contributed by atoms with van der Waals surface area (Å²) in [6.07, 6.45) is 1.23. The van der Waals surface area contributed by atoms with E-state index in [-0.39, 0.29) is 17.6 Å². The van der Waals surface area contributed by atoms with E-state index in [1.165, 1.54) is 11.3 Å². The molecule has 3 rings (SSSR count). The molecule has 1 amide bonds. The molecule has 6 heteroatoms. The molecule has 0 saturated heterocycles. The van der Waals surface area contributed by atoms with Gasteiger partial charge in [-0.1, -0.05) is 19.9 Å². The molecule has 5 nitrogen and oxygen atoms in total. The third kappa shape index (κ3) is 4.33. The molecule has 2 heterocycles. The lowest BCUT2D eigenvalue weighted by molar-refractivity contribution is -0.116. The van der Waals surface area contributed by atoms with E-state index in [2.05, 4.69) is 10.3 Å². The molecule has 0 atom stereocenters. The van der Waals surface area contributed by atoms with Crippen molar-refractivity contribution in [2.24, 2.45) is 0 Å². The van der Waals surface area contributed by atoms with Gasteiger partial charge in [0.15, 0.2) is 17.3 Å². The van der Waals surface area contributed by atoms with Gasteiger partial charge in [0.25, 0.3) is 0 Å². The number of ketones is 1. The van der Waals surface area contributed by atoms with Gasteiger partial charge in [-0.2, -0.15) is 0 Å². The fourth-order valence-electron chi connectivity index (χ4n) is 2.46. The highest BCUT2D eigenvalue weighted by atomic mass is 32.1. The van der Waals surface area contributed by atoms with Gasteiger partial charge in [-0.05, 0) is 36.1 Å². The summed E-state index contributed by atoms with van der Waals surface area (Å²) in [5, 5.41) is 4.73. The number of hydrogen-bond acceptors (Lipinski definition) is 5.